The van der Waals surface area contributed by atoms with Crippen LogP contribution in [0, 0.1) is 28.5 Å². The molecule has 1 heterocycles. The Kier molecular flexibility index (Phi) is 3.00. The average Bonchev–Trinajstić information content (AvgIpc) is 2.76. The highest BCUT2D eigenvalue weighted by Crippen LogP contribution is 2.26. The topological polar surface area (TPSA) is 91.4 Å². The lowest BCUT2D eigenvalue weighted by atomic mass is 10.2. The Morgan fingerprint density at radius 1 is 1.33 bits per heavy atom. The van der Waals surface area contributed by atoms with Gasteiger partial charge in [-0.05, 0) is 22.0 Å². The minimum absolute atomic E-state index is 0.0194. The second-order valence-corrected chi connectivity index (χ2v) is 4.21. The van der Waals surface area contributed by atoms with Gasteiger partial charge in [0, 0.05) is 6.07 Å². The molecule has 0 fully saturated rings. The van der Waals surface area contributed by atoms with Gasteiger partial charge in [-0.15, -0.1) is 0 Å². The van der Waals surface area contributed by atoms with Crippen LogP contribution >= 0.6 is 15.9 Å². The van der Waals surface area contributed by atoms with Gasteiger partial charge < -0.3 is 5.73 Å². The zero-order chi connectivity index (χ0) is 13.3. The molecule has 1 aromatic heterocycles. The lowest BCUT2D eigenvalue weighted by molar-refractivity contribution is 0.620. The number of nitrogens with zero attached hydrogens (tertiary/aromatic N) is 4. The first-order chi connectivity index (χ1) is 8.58. The smallest absolute Gasteiger partial charge is 0.177 e. The molecule has 88 valence electrons. The van der Waals surface area contributed by atoms with Crippen molar-refractivity contribution in [2.45, 2.75) is 0 Å². The number of imidazole rings is 1. The zero-order valence-corrected chi connectivity index (χ0v) is 10.4. The van der Waals surface area contributed by atoms with E-state index in [1.807, 2.05) is 6.07 Å². The fourth-order valence-electron chi connectivity index (χ4n) is 1.48. The number of hydrogen-bond donors (Lipinski definition) is 1. The van der Waals surface area contributed by atoms with Crippen LogP contribution in [0.15, 0.2) is 22.9 Å². The molecule has 1 aromatic carbocycles. The van der Waals surface area contributed by atoms with E-state index in [9.17, 15) is 4.39 Å². The van der Waals surface area contributed by atoms with Crippen LogP contribution in [-0.4, -0.2) is 9.55 Å². The molecule has 7 heteroatoms. The molecule has 5 nitrogen and oxygen atoms in total. The van der Waals surface area contributed by atoms with Crippen LogP contribution in [0.3, 0.4) is 0 Å². The predicted molar refractivity (Wildman–Crippen MR) is 65.1 cm³/mol. The van der Waals surface area contributed by atoms with Gasteiger partial charge in [0.05, 0.1) is 15.8 Å². The number of rotatable bonds is 1. The molecule has 0 aliphatic heterocycles. The van der Waals surface area contributed by atoms with Gasteiger partial charge in [-0.2, -0.15) is 10.5 Å². The highest BCUT2D eigenvalue weighted by molar-refractivity contribution is 9.10. The van der Waals surface area contributed by atoms with E-state index < -0.39 is 5.82 Å². The van der Waals surface area contributed by atoms with E-state index in [-0.39, 0.29) is 27.2 Å². The van der Waals surface area contributed by atoms with Crippen molar-refractivity contribution in [3.63, 3.8) is 0 Å². The summed E-state index contributed by atoms with van der Waals surface area (Å²) in [7, 11) is 0. The third kappa shape index (κ3) is 1.81. The van der Waals surface area contributed by atoms with Crippen molar-refractivity contribution < 1.29 is 4.39 Å². The van der Waals surface area contributed by atoms with Gasteiger partial charge in [0.2, 0.25) is 0 Å². The van der Waals surface area contributed by atoms with Crippen molar-refractivity contribution in [3.05, 3.63) is 40.1 Å². The van der Waals surface area contributed by atoms with Gasteiger partial charge in [-0.1, -0.05) is 0 Å². The van der Waals surface area contributed by atoms with E-state index in [1.54, 1.807) is 6.07 Å². The minimum atomic E-state index is -0.518. The molecule has 0 spiro atoms. The number of halogens is 2. The minimum Gasteiger partial charge on any atom is -0.397 e. The van der Waals surface area contributed by atoms with Gasteiger partial charge in [0.25, 0.3) is 0 Å². The maximum Gasteiger partial charge on any atom is 0.177 e. The molecule has 0 bridgehead atoms. The Bertz CT molecular complexity index is 707. The lowest BCUT2D eigenvalue weighted by Gasteiger charge is -2.08. The van der Waals surface area contributed by atoms with Crippen molar-refractivity contribution in [1.82, 2.24) is 9.55 Å². The fraction of sp³-hybridized carbons (Fsp3) is 0. The van der Waals surface area contributed by atoms with Gasteiger partial charge >= 0.3 is 0 Å². The summed E-state index contributed by atoms with van der Waals surface area (Å²) in [6, 6.07) is 6.18. The first kappa shape index (κ1) is 12.1. The lowest BCUT2D eigenvalue weighted by Crippen LogP contribution is -2.02. The predicted octanol–water partition coefficient (Wildman–Crippen LogP) is 2.10. The van der Waals surface area contributed by atoms with Crippen molar-refractivity contribution >= 4 is 21.6 Å². The number of nitrogens with two attached hydrogens (primary N) is 1. The summed E-state index contributed by atoms with van der Waals surface area (Å²) in [6.45, 7) is 0. The van der Waals surface area contributed by atoms with Crippen molar-refractivity contribution in [1.29, 1.82) is 10.5 Å². The Balaban J connectivity index is 2.71. The monoisotopic (exact) mass is 305 g/mol. The summed E-state index contributed by atoms with van der Waals surface area (Å²) in [4.78, 5) is 3.76. The molecule has 2 rings (SSSR count). The molecule has 0 atom stereocenters. The molecule has 2 aromatic rings. The molecule has 2 N–H and O–H groups in total. The largest absolute Gasteiger partial charge is 0.397 e. The first-order valence-corrected chi connectivity index (χ1v) is 5.50. The van der Waals surface area contributed by atoms with Gasteiger partial charge in [-0.25, -0.2) is 9.37 Å². The molecule has 0 amide bonds. The SMILES string of the molecule is N#Cc1ncn(-c2cc(F)c(Br)cc2N)c1C#N. The van der Waals surface area contributed by atoms with Crippen LogP contribution in [0.5, 0.6) is 0 Å². The average molecular weight is 306 g/mol. The molecular weight excluding hydrogens is 301 g/mol. The zero-order valence-electron chi connectivity index (χ0n) is 8.85. The summed E-state index contributed by atoms with van der Waals surface area (Å²) in [5, 5.41) is 17.8. The Morgan fingerprint density at radius 3 is 2.67 bits per heavy atom. The van der Waals surface area contributed by atoms with Crippen LogP contribution in [0.25, 0.3) is 5.69 Å². The van der Waals surface area contributed by atoms with Gasteiger partial charge in [0.15, 0.2) is 11.4 Å². The van der Waals surface area contributed by atoms with E-state index in [2.05, 4.69) is 20.9 Å². The molecule has 18 heavy (non-hydrogen) atoms. The van der Waals surface area contributed by atoms with Crippen molar-refractivity contribution in [2.75, 3.05) is 5.73 Å². The normalized spacial score (nSPS) is 9.78. The number of nitrogen functional groups attached to an aromatic ring is 1. The number of anilines is 1. The van der Waals surface area contributed by atoms with E-state index in [0.29, 0.717) is 0 Å². The summed E-state index contributed by atoms with van der Waals surface area (Å²) in [5.41, 5.74) is 6.28. The molecule has 0 unspecified atom stereocenters. The van der Waals surface area contributed by atoms with Crippen LogP contribution in [-0.2, 0) is 0 Å². The quantitative estimate of drug-likeness (QED) is 0.817. The molecule has 0 aliphatic carbocycles. The summed E-state index contributed by atoms with van der Waals surface area (Å²) in [5.74, 6) is -0.518. The van der Waals surface area contributed by atoms with E-state index in [1.165, 1.54) is 23.0 Å². The third-order valence-electron chi connectivity index (χ3n) is 2.31. The van der Waals surface area contributed by atoms with Gasteiger partial charge in [-0.3, -0.25) is 4.57 Å². The van der Waals surface area contributed by atoms with Gasteiger partial charge in [0.1, 0.15) is 24.3 Å². The number of benzene rings is 1. The molecule has 0 saturated heterocycles. The van der Waals surface area contributed by atoms with E-state index >= 15 is 0 Å². The van der Waals surface area contributed by atoms with Crippen LogP contribution < -0.4 is 5.73 Å². The van der Waals surface area contributed by atoms with Crippen LogP contribution in [0.4, 0.5) is 10.1 Å². The maximum absolute atomic E-state index is 13.5. The standard InChI is InChI=1S/C11H5BrFN5/c12-6-1-8(16)10(2-7(6)13)18-5-17-9(3-14)11(18)4-15/h1-2,5H,16H2. The molecule has 0 saturated carbocycles. The maximum atomic E-state index is 13.5. The second kappa shape index (κ2) is 4.47. The molecule has 0 aliphatic rings. The number of hydrogen-bond acceptors (Lipinski definition) is 4. The van der Waals surface area contributed by atoms with Crippen LogP contribution in [0.2, 0.25) is 0 Å². The Labute approximate surface area is 110 Å². The molecule has 0 radical (unpaired) electrons. The highest BCUT2D eigenvalue weighted by Gasteiger charge is 2.15. The first-order valence-electron chi connectivity index (χ1n) is 4.71. The Hall–Kier alpha value is -2.38. The fourth-order valence-corrected chi connectivity index (χ4v) is 1.84. The highest BCUT2D eigenvalue weighted by atomic mass is 79.9. The van der Waals surface area contributed by atoms with Crippen molar-refractivity contribution in [2.24, 2.45) is 0 Å². The molecular formula is C11H5BrFN5. The van der Waals surface area contributed by atoms with E-state index in [4.69, 9.17) is 16.3 Å². The summed E-state index contributed by atoms with van der Waals surface area (Å²) < 4.78 is 15.0. The summed E-state index contributed by atoms with van der Waals surface area (Å²) >= 11 is 3.01. The Morgan fingerprint density at radius 2 is 2.06 bits per heavy atom. The van der Waals surface area contributed by atoms with Crippen LogP contribution in [0.1, 0.15) is 11.4 Å². The van der Waals surface area contributed by atoms with Crippen molar-refractivity contribution in [3.8, 4) is 17.8 Å². The number of aromatic nitrogens is 2. The summed E-state index contributed by atoms with van der Waals surface area (Å²) in [6.07, 6.45) is 1.26. The number of nitriles is 2. The van der Waals surface area contributed by atoms with E-state index in [0.717, 1.165) is 0 Å². The third-order valence-corrected chi connectivity index (χ3v) is 2.92. The second-order valence-electron chi connectivity index (χ2n) is 3.36.